The van der Waals surface area contributed by atoms with E-state index in [1.54, 1.807) is 20.8 Å². The minimum Gasteiger partial charge on any atom is -0.356 e. The number of benzene rings is 1. The topological polar surface area (TPSA) is 154 Å². The lowest BCUT2D eigenvalue weighted by molar-refractivity contribution is -0.144. The average Bonchev–Trinajstić information content (AvgIpc) is 3.67. The van der Waals surface area contributed by atoms with Gasteiger partial charge in [-0.15, -0.1) is 0 Å². The second kappa shape index (κ2) is 14.4. The van der Waals surface area contributed by atoms with Crippen molar-refractivity contribution in [3.63, 3.8) is 0 Å². The van der Waals surface area contributed by atoms with Crippen LogP contribution in [0.25, 0.3) is 0 Å². The van der Waals surface area contributed by atoms with Crippen molar-refractivity contribution in [2.75, 3.05) is 13.6 Å². The first-order valence-corrected chi connectivity index (χ1v) is 14.9. The van der Waals surface area contributed by atoms with Gasteiger partial charge < -0.3 is 26.2 Å². The van der Waals surface area contributed by atoms with Crippen LogP contribution in [0.3, 0.4) is 0 Å². The molecule has 0 aromatic heterocycles. The Labute approximate surface area is 247 Å². The number of carbonyl (C=O) groups is 6. The van der Waals surface area contributed by atoms with E-state index in [1.807, 2.05) is 37.3 Å². The van der Waals surface area contributed by atoms with Gasteiger partial charge in [-0.1, -0.05) is 64.4 Å². The molecule has 0 radical (unpaired) electrons. The van der Waals surface area contributed by atoms with Gasteiger partial charge in [0.05, 0.1) is 6.04 Å². The summed E-state index contributed by atoms with van der Waals surface area (Å²) in [4.78, 5) is 79.8. The number of ketones is 1. The molecule has 0 bridgehead atoms. The molecular formula is C31H45N5O6. The number of carbonyl (C=O) groups excluding carboxylic acids is 6. The van der Waals surface area contributed by atoms with Gasteiger partial charge in [0, 0.05) is 37.4 Å². The monoisotopic (exact) mass is 583 g/mol. The van der Waals surface area contributed by atoms with E-state index in [1.165, 1.54) is 11.9 Å². The van der Waals surface area contributed by atoms with Crippen LogP contribution in [0.15, 0.2) is 30.3 Å². The maximum absolute atomic E-state index is 13.9. The minimum atomic E-state index is -1.21. The molecule has 3 rings (SSSR count). The van der Waals surface area contributed by atoms with E-state index in [0.717, 1.165) is 18.4 Å². The van der Waals surface area contributed by atoms with Gasteiger partial charge in [0.15, 0.2) is 0 Å². The molecule has 0 unspecified atom stereocenters. The molecule has 1 aliphatic carbocycles. The zero-order valence-electron chi connectivity index (χ0n) is 25.3. The second-order valence-electron chi connectivity index (χ2n) is 12.4. The van der Waals surface area contributed by atoms with E-state index in [4.69, 9.17) is 0 Å². The van der Waals surface area contributed by atoms with Crippen molar-refractivity contribution >= 4 is 35.3 Å². The number of nitrogens with one attached hydrogen (secondary N) is 4. The number of rotatable bonds is 14. The first-order chi connectivity index (χ1) is 19.8. The van der Waals surface area contributed by atoms with Gasteiger partial charge in [-0.2, -0.15) is 0 Å². The van der Waals surface area contributed by atoms with Crippen molar-refractivity contribution in [2.45, 2.75) is 96.8 Å². The summed E-state index contributed by atoms with van der Waals surface area (Å²) in [7, 11) is 1.50. The van der Waals surface area contributed by atoms with Crippen molar-refractivity contribution < 1.29 is 28.8 Å². The molecule has 5 amide bonds. The molecule has 230 valence electrons. The molecule has 1 aromatic carbocycles. The highest BCUT2D eigenvalue weighted by atomic mass is 16.2. The van der Waals surface area contributed by atoms with E-state index in [0.29, 0.717) is 25.8 Å². The Morgan fingerprint density at radius 2 is 1.67 bits per heavy atom. The van der Waals surface area contributed by atoms with Gasteiger partial charge in [-0.3, -0.25) is 28.8 Å². The van der Waals surface area contributed by atoms with Crippen molar-refractivity contribution in [1.29, 1.82) is 0 Å². The second-order valence-corrected chi connectivity index (χ2v) is 12.4. The van der Waals surface area contributed by atoms with Crippen LogP contribution < -0.4 is 21.3 Å². The Balaban J connectivity index is 1.81. The molecule has 1 aromatic rings. The molecule has 1 saturated heterocycles. The number of Topliss-reactive ketones (excluding diaryl/α,β-unsaturated/α-hetero) is 1. The lowest BCUT2D eigenvalue weighted by atomic mass is 9.94. The number of amides is 5. The SMILES string of the molecule is CCC[C@@H](C(=O)N[C@@H](C[C@@H]1CCNC1=O)C(=O)C(=O)NC1CC1)N(C)C(=O)[C@@H](Cc1ccccc1)NC(=O)C(C)(C)C. The molecule has 2 fully saturated rings. The molecule has 0 spiro atoms. The number of hydrogen-bond donors (Lipinski definition) is 4. The van der Waals surface area contributed by atoms with Crippen LogP contribution in [0.4, 0.5) is 0 Å². The molecule has 1 saturated carbocycles. The van der Waals surface area contributed by atoms with Gasteiger partial charge in [-0.25, -0.2) is 0 Å². The minimum absolute atomic E-state index is 0.0106. The van der Waals surface area contributed by atoms with Crippen LogP contribution in [0, 0.1) is 11.3 Å². The first-order valence-electron chi connectivity index (χ1n) is 14.9. The summed E-state index contributed by atoms with van der Waals surface area (Å²) >= 11 is 0. The Hall–Kier alpha value is -3.76. The van der Waals surface area contributed by atoms with E-state index >= 15 is 0 Å². The van der Waals surface area contributed by atoms with Crippen molar-refractivity contribution in [3.8, 4) is 0 Å². The number of hydrogen-bond acceptors (Lipinski definition) is 6. The summed E-state index contributed by atoms with van der Waals surface area (Å²) in [6.07, 6.45) is 3.14. The average molecular weight is 584 g/mol. The molecule has 4 atom stereocenters. The molecule has 42 heavy (non-hydrogen) atoms. The molecule has 4 N–H and O–H groups in total. The first kappa shape index (κ1) is 32.8. The Bertz CT molecular complexity index is 1160. The lowest BCUT2D eigenvalue weighted by Crippen LogP contribution is -2.58. The van der Waals surface area contributed by atoms with Gasteiger partial charge in [0.25, 0.3) is 5.91 Å². The van der Waals surface area contributed by atoms with E-state index < -0.39 is 53.0 Å². The van der Waals surface area contributed by atoms with Crippen LogP contribution in [-0.2, 0) is 35.2 Å². The van der Waals surface area contributed by atoms with E-state index in [2.05, 4.69) is 21.3 Å². The van der Waals surface area contributed by atoms with Gasteiger partial charge >= 0.3 is 0 Å². The van der Waals surface area contributed by atoms with Crippen LogP contribution in [0.5, 0.6) is 0 Å². The van der Waals surface area contributed by atoms with Gasteiger partial charge in [-0.05, 0) is 37.7 Å². The quantitative estimate of drug-likeness (QED) is 0.242. The third-order valence-electron chi connectivity index (χ3n) is 7.70. The van der Waals surface area contributed by atoms with Crippen molar-refractivity contribution in [1.82, 2.24) is 26.2 Å². The third kappa shape index (κ3) is 9.12. The standard InChI is InChI=1S/C31H45N5O6/c1-6-10-24(36(5)29(41)23(35-30(42)31(2,3)4)17-19-11-8-7-9-12-19)27(39)34-22(18-20-15-16-32-26(20)38)25(37)28(40)33-21-13-14-21/h7-9,11-12,20-24H,6,10,13-18H2,1-5H3,(H,32,38)(H,33,40)(H,34,39)(H,35,42)/t20-,22-,23+,24-/m0/s1. The Kier molecular flexibility index (Phi) is 11.2. The van der Waals surface area contributed by atoms with E-state index in [9.17, 15) is 28.8 Å². The maximum atomic E-state index is 13.9. The molecule has 11 heteroatoms. The van der Waals surface area contributed by atoms with E-state index in [-0.39, 0.29) is 30.7 Å². The predicted molar refractivity (Wildman–Crippen MR) is 157 cm³/mol. The largest absolute Gasteiger partial charge is 0.356 e. The summed E-state index contributed by atoms with van der Waals surface area (Å²) in [5.41, 5.74) is 0.104. The van der Waals surface area contributed by atoms with Crippen molar-refractivity contribution in [3.05, 3.63) is 35.9 Å². The zero-order valence-corrected chi connectivity index (χ0v) is 25.3. The highest BCUT2D eigenvalue weighted by Gasteiger charge is 2.39. The van der Waals surface area contributed by atoms with Gasteiger partial charge in [0.1, 0.15) is 12.1 Å². The maximum Gasteiger partial charge on any atom is 0.289 e. The Morgan fingerprint density at radius 1 is 1.00 bits per heavy atom. The molecule has 2 aliphatic rings. The summed E-state index contributed by atoms with van der Waals surface area (Å²) in [5.74, 6) is -3.67. The Morgan fingerprint density at radius 3 is 2.21 bits per heavy atom. The lowest BCUT2D eigenvalue weighted by Gasteiger charge is -2.33. The fourth-order valence-electron chi connectivity index (χ4n) is 4.89. The fraction of sp³-hybridized carbons (Fsp3) is 0.613. The highest BCUT2D eigenvalue weighted by Crippen LogP contribution is 2.21. The van der Waals surface area contributed by atoms with Crippen LogP contribution in [0.2, 0.25) is 0 Å². The van der Waals surface area contributed by atoms with Crippen LogP contribution >= 0.6 is 0 Å². The van der Waals surface area contributed by atoms with Crippen LogP contribution in [-0.4, -0.2) is 78.0 Å². The molecule has 11 nitrogen and oxygen atoms in total. The summed E-state index contributed by atoms with van der Waals surface area (Å²) in [6.45, 7) is 7.60. The predicted octanol–water partition coefficient (Wildman–Crippen LogP) is 1.25. The highest BCUT2D eigenvalue weighted by molar-refractivity contribution is 6.38. The summed E-state index contributed by atoms with van der Waals surface area (Å²) < 4.78 is 0. The summed E-state index contributed by atoms with van der Waals surface area (Å²) in [6, 6.07) is 6.12. The van der Waals surface area contributed by atoms with Crippen LogP contribution in [0.1, 0.15) is 71.8 Å². The normalized spacial score (nSPS) is 18.7. The molecule has 1 aliphatic heterocycles. The fourth-order valence-corrected chi connectivity index (χ4v) is 4.89. The molecule has 1 heterocycles. The smallest absolute Gasteiger partial charge is 0.289 e. The zero-order chi connectivity index (χ0) is 31.0. The number of nitrogens with zero attached hydrogens (tertiary/aromatic N) is 1. The number of likely N-dealkylation sites (N-methyl/N-ethyl adjacent to an activating group) is 1. The third-order valence-corrected chi connectivity index (χ3v) is 7.70. The van der Waals surface area contributed by atoms with Crippen molar-refractivity contribution in [2.24, 2.45) is 11.3 Å². The summed E-state index contributed by atoms with van der Waals surface area (Å²) in [5, 5.41) is 10.9. The van der Waals surface area contributed by atoms with Gasteiger partial charge in [0.2, 0.25) is 29.4 Å². The molecular weight excluding hydrogens is 538 g/mol.